The Labute approximate surface area is 150 Å². The SMILES string of the molecule is CC(NS(=O)(=O)c1ccc(NS(=O)(=O)N(C)C)cc1)C1=CCCCC1. The van der Waals surface area contributed by atoms with Crippen LogP contribution in [0.25, 0.3) is 0 Å². The second-order valence-electron chi connectivity index (χ2n) is 6.28. The molecule has 140 valence electrons. The number of sulfonamides is 1. The molecule has 7 nitrogen and oxygen atoms in total. The highest BCUT2D eigenvalue weighted by Gasteiger charge is 2.21. The molecule has 2 N–H and O–H groups in total. The topological polar surface area (TPSA) is 95.6 Å². The Morgan fingerprint density at radius 2 is 1.68 bits per heavy atom. The summed E-state index contributed by atoms with van der Waals surface area (Å²) in [4.78, 5) is 0.101. The minimum atomic E-state index is -3.66. The summed E-state index contributed by atoms with van der Waals surface area (Å²) >= 11 is 0. The van der Waals surface area contributed by atoms with E-state index in [4.69, 9.17) is 0 Å². The van der Waals surface area contributed by atoms with Crippen molar-refractivity contribution in [3.63, 3.8) is 0 Å². The first kappa shape index (κ1) is 19.9. The standard InChI is InChI=1S/C16H25N3O4S2/c1-13(14-7-5-4-6-8-14)17-24(20,21)16-11-9-15(10-12-16)18-25(22,23)19(2)3/h7,9-13,17-18H,4-6,8H2,1-3H3. The molecule has 1 aromatic rings. The Morgan fingerprint density at radius 3 is 2.20 bits per heavy atom. The summed E-state index contributed by atoms with van der Waals surface area (Å²) in [6.07, 6.45) is 6.23. The molecule has 0 aliphatic heterocycles. The predicted molar refractivity (Wildman–Crippen MR) is 99.0 cm³/mol. The van der Waals surface area contributed by atoms with E-state index in [-0.39, 0.29) is 10.9 Å². The van der Waals surface area contributed by atoms with Crippen molar-refractivity contribution < 1.29 is 16.8 Å². The zero-order valence-corrected chi connectivity index (χ0v) is 16.3. The summed E-state index contributed by atoms with van der Waals surface area (Å²) in [7, 11) is -4.47. The van der Waals surface area contributed by atoms with Crippen molar-refractivity contribution in [2.45, 2.75) is 43.5 Å². The van der Waals surface area contributed by atoms with Gasteiger partial charge in [-0.2, -0.15) is 12.7 Å². The molecule has 1 aromatic carbocycles. The summed E-state index contributed by atoms with van der Waals surface area (Å²) < 4.78 is 54.7. The van der Waals surface area contributed by atoms with Gasteiger partial charge >= 0.3 is 10.2 Å². The van der Waals surface area contributed by atoms with E-state index in [1.807, 2.05) is 6.92 Å². The van der Waals surface area contributed by atoms with Crippen LogP contribution in [0, 0.1) is 0 Å². The van der Waals surface area contributed by atoms with E-state index in [0.717, 1.165) is 35.6 Å². The van der Waals surface area contributed by atoms with Crippen molar-refractivity contribution in [3.8, 4) is 0 Å². The molecule has 9 heteroatoms. The van der Waals surface area contributed by atoms with Gasteiger partial charge in [-0.25, -0.2) is 13.1 Å². The number of hydrogen-bond acceptors (Lipinski definition) is 4. The highest BCUT2D eigenvalue weighted by Crippen LogP contribution is 2.22. The lowest BCUT2D eigenvalue weighted by atomic mass is 9.95. The first-order valence-corrected chi connectivity index (χ1v) is 11.1. The number of nitrogens with zero attached hydrogens (tertiary/aromatic N) is 1. The molecule has 25 heavy (non-hydrogen) atoms. The molecule has 0 amide bonds. The van der Waals surface area contributed by atoms with Gasteiger partial charge in [-0.15, -0.1) is 0 Å². The number of anilines is 1. The van der Waals surface area contributed by atoms with Gasteiger partial charge in [-0.1, -0.05) is 11.6 Å². The maximum Gasteiger partial charge on any atom is 0.301 e. The average molecular weight is 388 g/mol. The van der Waals surface area contributed by atoms with Gasteiger partial charge in [-0.05, 0) is 56.9 Å². The monoisotopic (exact) mass is 387 g/mol. The van der Waals surface area contributed by atoms with Crippen LogP contribution in [0.5, 0.6) is 0 Å². The number of allylic oxidation sites excluding steroid dienone is 1. The molecule has 0 spiro atoms. The van der Waals surface area contributed by atoms with Gasteiger partial charge in [0.25, 0.3) is 0 Å². The molecule has 1 aliphatic carbocycles. The molecule has 0 fully saturated rings. The third-order valence-electron chi connectivity index (χ3n) is 4.11. The van der Waals surface area contributed by atoms with Crippen molar-refractivity contribution in [1.29, 1.82) is 0 Å². The molecular formula is C16H25N3O4S2. The fourth-order valence-corrected chi connectivity index (χ4v) is 4.44. The van der Waals surface area contributed by atoms with Crippen molar-refractivity contribution in [2.75, 3.05) is 18.8 Å². The Kier molecular flexibility index (Phi) is 6.26. The van der Waals surface area contributed by atoms with Crippen LogP contribution in [-0.4, -0.2) is 41.3 Å². The van der Waals surface area contributed by atoms with Crippen molar-refractivity contribution >= 4 is 25.9 Å². The minimum Gasteiger partial charge on any atom is -0.271 e. The molecule has 1 atom stereocenters. The van der Waals surface area contributed by atoms with E-state index < -0.39 is 20.2 Å². The van der Waals surface area contributed by atoms with Gasteiger partial charge < -0.3 is 0 Å². The van der Waals surface area contributed by atoms with Gasteiger partial charge in [0.2, 0.25) is 10.0 Å². The van der Waals surface area contributed by atoms with Crippen LogP contribution in [0.3, 0.4) is 0 Å². The van der Waals surface area contributed by atoms with E-state index >= 15 is 0 Å². The van der Waals surface area contributed by atoms with Crippen LogP contribution in [0.4, 0.5) is 5.69 Å². The minimum absolute atomic E-state index is 0.101. The molecule has 0 saturated heterocycles. The second-order valence-corrected chi connectivity index (χ2v) is 9.88. The fourth-order valence-electron chi connectivity index (χ4n) is 2.58. The maximum atomic E-state index is 12.5. The molecule has 2 rings (SSSR count). The molecule has 0 bridgehead atoms. The van der Waals surface area contributed by atoms with Gasteiger partial charge in [-0.3, -0.25) is 4.72 Å². The van der Waals surface area contributed by atoms with Crippen LogP contribution in [0.1, 0.15) is 32.6 Å². The van der Waals surface area contributed by atoms with Crippen molar-refractivity contribution in [1.82, 2.24) is 9.03 Å². The Morgan fingerprint density at radius 1 is 1.04 bits per heavy atom. The first-order valence-electron chi connectivity index (χ1n) is 8.13. The number of nitrogens with one attached hydrogen (secondary N) is 2. The smallest absolute Gasteiger partial charge is 0.271 e. The quantitative estimate of drug-likeness (QED) is 0.700. The van der Waals surface area contributed by atoms with Crippen LogP contribution in [0.15, 0.2) is 40.8 Å². The summed E-state index contributed by atoms with van der Waals surface area (Å²) in [5, 5.41) is 0. The lowest BCUT2D eigenvalue weighted by Crippen LogP contribution is -2.34. The summed E-state index contributed by atoms with van der Waals surface area (Å²) in [5.41, 5.74) is 1.42. The zero-order valence-electron chi connectivity index (χ0n) is 14.7. The van der Waals surface area contributed by atoms with Gasteiger partial charge in [0.15, 0.2) is 0 Å². The average Bonchev–Trinajstić information content (AvgIpc) is 2.55. The lowest BCUT2D eigenvalue weighted by molar-refractivity contribution is 0.527. The van der Waals surface area contributed by atoms with Crippen LogP contribution >= 0.6 is 0 Å². The predicted octanol–water partition coefficient (Wildman–Crippen LogP) is 2.07. The number of rotatable bonds is 7. The molecule has 0 saturated carbocycles. The van der Waals surface area contributed by atoms with Crippen molar-refractivity contribution in [2.24, 2.45) is 0 Å². The largest absolute Gasteiger partial charge is 0.301 e. The Bertz CT molecular complexity index is 829. The van der Waals surface area contributed by atoms with Gasteiger partial charge in [0, 0.05) is 25.8 Å². The molecular weight excluding hydrogens is 362 g/mol. The highest BCUT2D eigenvalue weighted by molar-refractivity contribution is 7.90. The van der Waals surface area contributed by atoms with Crippen LogP contribution in [-0.2, 0) is 20.2 Å². The molecule has 1 unspecified atom stereocenters. The fraction of sp³-hybridized carbons (Fsp3) is 0.500. The van der Waals surface area contributed by atoms with Crippen LogP contribution in [0.2, 0.25) is 0 Å². The van der Waals surface area contributed by atoms with Crippen LogP contribution < -0.4 is 9.44 Å². The van der Waals surface area contributed by atoms with E-state index in [2.05, 4.69) is 15.5 Å². The highest BCUT2D eigenvalue weighted by atomic mass is 32.2. The van der Waals surface area contributed by atoms with E-state index in [1.165, 1.54) is 38.4 Å². The summed E-state index contributed by atoms with van der Waals surface area (Å²) in [6, 6.07) is 5.38. The second kappa shape index (κ2) is 7.86. The number of hydrogen-bond donors (Lipinski definition) is 2. The Hall–Kier alpha value is -1.42. The molecule has 0 radical (unpaired) electrons. The van der Waals surface area contributed by atoms with E-state index in [9.17, 15) is 16.8 Å². The molecule has 0 heterocycles. The summed E-state index contributed by atoms with van der Waals surface area (Å²) in [6.45, 7) is 1.84. The summed E-state index contributed by atoms with van der Waals surface area (Å²) in [5.74, 6) is 0. The maximum absolute atomic E-state index is 12.5. The van der Waals surface area contributed by atoms with E-state index in [1.54, 1.807) is 0 Å². The van der Waals surface area contributed by atoms with Gasteiger partial charge in [0.05, 0.1) is 4.90 Å². The Balaban J connectivity index is 2.11. The van der Waals surface area contributed by atoms with Gasteiger partial charge in [0.1, 0.15) is 0 Å². The lowest BCUT2D eigenvalue weighted by Gasteiger charge is -2.21. The third-order valence-corrected chi connectivity index (χ3v) is 7.12. The van der Waals surface area contributed by atoms with Crippen molar-refractivity contribution in [3.05, 3.63) is 35.9 Å². The zero-order chi connectivity index (χ0) is 18.7. The van der Waals surface area contributed by atoms with E-state index in [0.29, 0.717) is 5.69 Å². The molecule has 1 aliphatic rings. The number of benzene rings is 1. The normalized spacial score (nSPS) is 17.2. The third kappa shape index (κ3) is 5.27. The first-order chi connectivity index (χ1) is 11.6. The molecule has 0 aromatic heterocycles.